The van der Waals surface area contributed by atoms with E-state index in [4.69, 9.17) is 0 Å². The van der Waals surface area contributed by atoms with Gasteiger partial charge in [0.1, 0.15) is 16.8 Å². The number of carbonyl (C=O) groups excluding carboxylic acids is 1. The first kappa shape index (κ1) is 16.9. The molecule has 3 heteroatoms. The maximum Gasteiger partial charge on any atom is 0.169 e. The molecule has 0 aliphatic carbocycles. The molecule has 0 bridgehead atoms. The van der Waals surface area contributed by atoms with Crippen LogP contribution in [0.2, 0.25) is 0 Å². The van der Waals surface area contributed by atoms with Crippen LogP contribution < -0.4 is 15.7 Å². The van der Waals surface area contributed by atoms with Crippen LogP contribution in [0.25, 0.3) is 0 Å². The average Bonchev–Trinajstić information content (AvgIpc) is 2.55. The van der Waals surface area contributed by atoms with Crippen molar-refractivity contribution < 1.29 is 4.79 Å². The van der Waals surface area contributed by atoms with Gasteiger partial charge in [-0.3, -0.25) is 4.79 Å². The molecule has 2 rings (SSSR count). The van der Waals surface area contributed by atoms with Gasteiger partial charge in [-0.05, 0) is 37.6 Å². The van der Waals surface area contributed by atoms with Crippen molar-refractivity contribution in [1.82, 2.24) is 5.09 Å². The molecule has 22 heavy (non-hydrogen) atoms. The Morgan fingerprint density at radius 2 is 1.45 bits per heavy atom. The molecular weight excluding hydrogens is 289 g/mol. The minimum Gasteiger partial charge on any atom is -0.296 e. The highest BCUT2D eigenvalue weighted by Crippen LogP contribution is 2.52. The van der Waals surface area contributed by atoms with Gasteiger partial charge in [0.05, 0.1) is 0 Å². The molecule has 1 N–H and O–H groups in total. The Balaban J connectivity index is 2.50. The zero-order valence-corrected chi connectivity index (χ0v) is 14.4. The quantitative estimate of drug-likeness (QED) is 0.596. The van der Waals surface area contributed by atoms with Crippen LogP contribution in [0.1, 0.15) is 26.7 Å². The fourth-order valence-corrected chi connectivity index (χ4v) is 6.43. The Labute approximate surface area is 134 Å². The third-order valence-electron chi connectivity index (χ3n) is 3.77. The molecule has 0 spiro atoms. The number of hydrogen-bond donors (Lipinski definition) is 1. The zero-order chi connectivity index (χ0) is 15.8. The molecule has 2 aromatic carbocycles. The fraction of sp³-hybridized carbons (Fsp3) is 0.316. The van der Waals surface area contributed by atoms with Crippen LogP contribution in [0.5, 0.6) is 0 Å². The summed E-state index contributed by atoms with van der Waals surface area (Å²) in [4.78, 5) is 12.0. The normalized spacial score (nSPS) is 11.4. The number of ketones is 1. The monoisotopic (exact) mass is 314 g/mol. The first-order chi connectivity index (χ1) is 10.7. The maximum absolute atomic E-state index is 12.0. The molecule has 0 amide bonds. The van der Waals surface area contributed by atoms with Crippen LogP contribution in [0.4, 0.5) is 0 Å². The van der Waals surface area contributed by atoms with Crippen LogP contribution in [0.3, 0.4) is 0 Å². The van der Waals surface area contributed by atoms with Gasteiger partial charge in [0, 0.05) is 6.54 Å². The van der Waals surface area contributed by atoms with Gasteiger partial charge in [0.2, 0.25) is 0 Å². The number of nitrogens with one attached hydrogen (secondary N) is 1. The number of benzene rings is 2. The van der Waals surface area contributed by atoms with Crippen LogP contribution in [-0.2, 0) is 4.79 Å². The molecule has 2 nitrogen and oxygen atoms in total. The first-order valence-corrected chi connectivity index (χ1v) is 9.90. The Hall–Kier alpha value is -1.50. The summed E-state index contributed by atoms with van der Waals surface area (Å²) >= 11 is 0. The molecule has 0 atom stereocenters. The Bertz CT molecular complexity index is 543. The van der Waals surface area contributed by atoms with Gasteiger partial charge in [-0.25, -0.2) is 0 Å². The minimum absolute atomic E-state index is 0.241. The van der Waals surface area contributed by atoms with E-state index in [-0.39, 0.29) is 5.78 Å². The second-order valence-electron chi connectivity index (χ2n) is 5.60. The second-order valence-corrected chi connectivity index (χ2v) is 8.89. The predicted octanol–water partition coefficient (Wildman–Crippen LogP) is 3.55. The van der Waals surface area contributed by atoms with Crippen molar-refractivity contribution in [1.29, 1.82) is 0 Å². The van der Waals surface area contributed by atoms with Crippen molar-refractivity contribution in [2.24, 2.45) is 0 Å². The fourth-order valence-electron chi connectivity index (χ4n) is 2.72. The summed E-state index contributed by atoms with van der Waals surface area (Å²) in [6, 6.07) is 20.9. The summed E-state index contributed by atoms with van der Waals surface area (Å²) < 4.78 is 0. The van der Waals surface area contributed by atoms with Crippen LogP contribution in [0, 0.1) is 0 Å². The standard InChI is InChI=1S/C19H25NOP/c1-3-4-15-20-22(16-17(2)21,18-11-7-5-8-12-18)19-13-9-6-10-14-19/h5-14,20H,3-4,15-16H2,1-2H3/q+1. The van der Waals surface area contributed by atoms with Gasteiger partial charge in [0.15, 0.2) is 13.2 Å². The Morgan fingerprint density at radius 1 is 0.955 bits per heavy atom. The highest BCUT2D eigenvalue weighted by Gasteiger charge is 2.43. The molecule has 0 heterocycles. The molecule has 0 aliphatic heterocycles. The van der Waals surface area contributed by atoms with E-state index in [1.54, 1.807) is 6.92 Å². The average molecular weight is 314 g/mol. The molecule has 0 saturated carbocycles. The summed E-state index contributed by atoms with van der Waals surface area (Å²) in [6.07, 6.45) is 2.85. The molecule has 0 aliphatic rings. The molecule has 0 unspecified atom stereocenters. The lowest BCUT2D eigenvalue weighted by Gasteiger charge is -2.27. The van der Waals surface area contributed by atoms with Gasteiger partial charge in [-0.1, -0.05) is 49.7 Å². The van der Waals surface area contributed by atoms with Crippen molar-refractivity contribution in [2.45, 2.75) is 26.7 Å². The van der Waals surface area contributed by atoms with E-state index in [2.05, 4.69) is 60.5 Å². The summed E-state index contributed by atoms with van der Waals surface area (Å²) in [5, 5.41) is 6.30. The lowest BCUT2D eigenvalue weighted by atomic mass is 10.3. The third-order valence-corrected chi connectivity index (χ3v) is 7.81. The summed E-state index contributed by atoms with van der Waals surface area (Å²) in [6.45, 7) is 4.83. The lowest BCUT2D eigenvalue weighted by Crippen LogP contribution is -2.37. The first-order valence-electron chi connectivity index (χ1n) is 7.93. The van der Waals surface area contributed by atoms with Crippen LogP contribution >= 0.6 is 7.41 Å². The summed E-state index contributed by atoms with van der Waals surface area (Å²) in [5.41, 5.74) is 0. The van der Waals surface area contributed by atoms with Gasteiger partial charge in [-0.15, -0.1) is 0 Å². The predicted molar refractivity (Wildman–Crippen MR) is 97.5 cm³/mol. The molecule has 0 saturated heterocycles. The number of Topliss-reactive ketones (excluding diaryl/α,β-unsaturated/α-hetero) is 1. The minimum atomic E-state index is -1.89. The van der Waals surface area contributed by atoms with Crippen molar-refractivity contribution in [3.05, 3.63) is 60.7 Å². The number of unbranched alkanes of at least 4 members (excludes halogenated alkanes) is 1. The maximum atomic E-state index is 12.0. The van der Waals surface area contributed by atoms with Gasteiger partial charge in [-0.2, -0.15) is 5.09 Å². The molecule has 0 aromatic heterocycles. The van der Waals surface area contributed by atoms with Crippen molar-refractivity contribution in [2.75, 3.05) is 12.7 Å². The molecule has 0 radical (unpaired) electrons. The largest absolute Gasteiger partial charge is 0.296 e. The van der Waals surface area contributed by atoms with Crippen molar-refractivity contribution in [3.8, 4) is 0 Å². The van der Waals surface area contributed by atoms with E-state index in [0.717, 1.165) is 19.4 Å². The summed E-state index contributed by atoms with van der Waals surface area (Å²) in [7, 11) is -1.89. The Morgan fingerprint density at radius 3 is 1.86 bits per heavy atom. The number of carbonyl (C=O) groups is 1. The third kappa shape index (κ3) is 4.03. The van der Waals surface area contributed by atoms with Gasteiger partial charge in [0.25, 0.3) is 0 Å². The van der Waals surface area contributed by atoms with Crippen molar-refractivity contribution >= 4 is 23.8 Å². The van der Waals surface area contributed by atoms with E-state index >= 15 is 0 Å². The molecular formula is C19H25NOP+. The second kappa shape index (κ2) is 8.22. The lowest BCUT2D eigenvalue weighted by molar-refractivity contribution is -0.114. The van der Waals surface area contributed by atoms with E-state index in [0.29, 0.717) is 6.16 Å². The van der Waals surface area contributed by atoms with Gasteiger partial charge < -0.3 is 0 Å². The molecule has 116 valence electrons. The van der Waals surface area contributed by atoms with Crippen LogP contribution in [0.15, 0.2) is 60.7 Å². The highest BCUT2D eigenvalue weighted by atomic mass is 31.2. The SMILES string of the molecule is CCCCN[P+](CC(C)=O)(c1ccccc1)c1ccccc1. The zero-order valence-electron chi connectivity index (χ0n) is 13.5. The van der Waals surface area contributed by atoms with Crippen LogP contribution in [-0.4, -0.2) is 18.5 Å². The van der Waals surface area contributed by atoms with E-state index in [9.17, 15) is 4.79 Å². The number of rotatable bonds is 8. The highest BCUT2D eigenvalue weighted by molar-refractivity contribution is 7.88. The van der Waals surface area contributed by atoms with E-state index in [1.165, 1.54) is 10.6 Å². The number of hydrogen-bond acceptors (Lipinski definition) is 2. The van der Waals surface area contributed by atoms with Crippen molar-refractivity contribution in [3.63, 3.8) is 0 Å². The van der Waals surface area contributed by atoms with E-state index in [1.807, 2.05) is 12.1 Å². The van der Waals surface area contributed by atoms with E-state index < -0.39 is 7.41 Å². The molecule has 2 aromatic rings. The smallest absolute Gasteiger partial charge is 0.169 e. The summed E-state index contributed by atoms with van der Waals surface area (Å²) in [5.74, 6) is 0.241. The topological polar surface area (TPSA) is 29.1 Å². The molecule has 0 fully saturated rings. The Kier molecular flexibility index (Phi) is 6.30. The van der Waals surface area contributed by atoms with Gasteiger partial charge >= 0.3 is 0 Å².